The third kappa shape index (κ3) is 4.25. The molecule has 122 valence electrons. The molecule has 1 heterocycles. The summed E-state index contributed by atoms with van der Waals surface area (Å²) in [4.78, 5) is 11.6. The van der Waals surface area contributed by atoms with E-state index in [1.54, 1.807) is 12.1 Å². The summed E-state index contributed by atoms with van der Waals surface area (Å²) in [5.74, 6) is 0.566. The molecule has 0 unspecified atom stereocenters. The first-order valence-corrected chi connectivity index (χ1v) is 7.56. The number of phenols is 1. The fourth-order valence-corrected chi connectivity index (χ4v) is 2.16. The lowest BCUT2D eigenvalue weighted by atomic mass is 10.0. The fourth-order valence-electron chi connectivity index (χ4n) is 2.16. The molecule has 1 N–H and O–H groups in total. The Kier molecular flexibility index (Phi) is 5.27. The molecule has 4 heteroatoms. The van der Waals surface area contributed by atoms with Gasteiger partial charge in [0.1, 0.15) is 23.7 Å². The van der Waals surface area contributed by atoms with Crippen molar-refractivity contribution in [3.05, 3.63) is 57.5 Å². The molecule has 4 nitrogen and oxygen atoms in total. The standard InChI is InChI=1S/C19H22O4/c1-12(2)5-6-14-16(20)11-17(22-10-9-13(3)4)15-7-8-18(21)23-19(14)15/h5,7-9,11,20H,6,10H2,1-4H3. The van der Waals surface area contributed by atoms with E-state index in [9.17, 15) is 9.90 Å². The summed E-state index contributed by atoms with van der Waals surface area (Å²) in [7, 11) is 0. The molecule has 0 fully saturated rings. The van der Waals surface area contributed by atoms with Crippen molar-refractivity contribution < 1.29 is 14.3 Å². The number of rotatable bonds is 5. The predicted molar refractivity (Wildman–Crippen MR) is 92.2 cm³/mol. The summed E-state index contributed by atoms with van der Waals surface area (Å²) in [6.45, 7) is 8.32. The maximum Gasteiger partial charge on any atom is 0.336 e. The predicted octanol–water partition coefficient (Wildman–Crippen LogP) is 4.35. The Morgan fingerprint density at radius 3 is 2.52 bits per heavy atom. The summed E-state index contributed by atoms with van der Waals surface area (Å²) in [6.07, 6.45) is 4.41. The number of benzene rings is 1. The fraction of sp³-hybridized carbons (Fsp3) is 0.316. The van der Waals surface area contributed by atoms with Crippen molar-refractivity contribution >= 4 is 11.0 Å². The number of aromatic hydroxyl groups is 1. The van der Waals surface area contributed by atoms with Gasteiger partial charge >= 0.3 is 5.63 Å². The van der Waals surface area contributed by atoms with Crippen LogP contribution in [0.2, 0.25) is 0 Å². The highest BCUT2D eigenvalue weighted by atomic mass is 16.5. The van der Waals surface area contributed by atoms with Crippen LogP contribution in [0.15, 0.2) is 50.7 Å². The number of hydrogen-bond donors (Lipinski definition) is 1. The zero-order valence-corrected chi connectivity index (χ0v) is 14.0. The molecule has 1 aromatic carbocycles. The van der Waals surface area contributed by atoms with Crippen LogP contribution in [-0.2, 0) is 6.42 Å². The topological polar surface area (TPSA) is 59.7 Å². The van der Waals surface area contributed by atoms with Gasteiger partial charge < -0.3 is 14.3 Å². The average molecular weight is 314 g/mol. The molecule has 0 saturated carbocycles. The van der Waals surface area contributed by atoms with Crippen molar-refractivity contribution in [1.29, 1.82) is 0 Å². The van der Waals surface area contributed by atoms with Crippen molar-refractivity contribution in [2.75, 3.05) is 6.61 Å². The first-order valence-electron chi connectivity index (χ1n) is 7.56. The molecule has 0 aliphatic carbocycles. The van der Waals surface area contributed by atoms with Crippen molar-refractivity contribution in [2.24, 2.45) is 0 Å². The lowest BCUT2D eigenvalue weighted by Gasteiger charge is -2.12. The van der Waals surface area contributed by atoms with Crippen molar-refractivity contribution in [1.82, 2.24) is 0 Å². The zero-order chi connectivity index (χ0) is 17.0. The summed E-state index contributed by atoms with van der Waals surface area (Å²) in [6, 6.07) is 4.61. The van der Waals surface area contributed by atoms with Gasteiger partial charge in [0.05, 0.1) is 5.39 Å². The maximum atomic E-state index is 11.6. The van der Waals surface area contributed by atoms with Gasteiger partial charge in [0.2, 0.25) is 0 Å². The summed E-state index contributed by atoms with van der Waals surface area (Å²) in [5.41, 5.74) is 2.79. The highest BCUT2D eigenvalue weighted by Crippen LogP contribution is 2.35. The van der Waals surface area contributed by atoms with Gasteiger partial charge in [-0.05, 0) is 46.3 Å². The molecule has 0 spiro atoms. The molecule has 23 heavy (non-hydrogen) atoms. The number of ether oxygens (including phenoxy) is 1. The second-order valence-electron chi connectivity index (χ2n) is 5.95. The molecular weight excluding hydrogens is 292 g/mol. The van der Waals surface area contributed by atoms with Gasteiger partial charge in [0, 0.05) is 17.7 Å². The van der Waals surface area contributed by atoms with E-state index in [-0.39, 0.29) is 5.75 Å². The molecule has 1 aromatic heterocycles. The molecule has 0 bridgehead atoms. The van der Waals surface area contributed by atoms with E-state index in [4.69, 9.17) is 9.15 Å². The Labute approximate surface area is 135 Å². The van der Waals surface area contributed by atoms with Gasteiger partial charge in [0.25, 0.3) is 0 Å². The number of phenolic OH excluding ortho intramolecular Hbond substituents is 1. The molecule has 0 atom stereocenters. The number of allylic oxidation sites excluding steroid dienone is 3. The molecule has 0 saturated heterocycles. The Hall–Kier alpha value is -2.49. The van der Waals surface area contributed by atoms with Crippen molar-refractivity contribution in [3.8, 4) is 11.5 Å². The molecule has 0 aliphatic heterocycles. The minimum Gasteiger partial charge on any atom is -0.507 e. The second kappa shape index (κ2) is 7.18. The monoisotopic (exact) mass is 314 g/mol. The lowest BCUT2D eigenvalue weighted by molar-refractivity contribution is 0.362. The lowest BCUT2D eigenvalue weighted by Crippen LogP contribution is -2.01. The minimum absolute atomic E-state index is 0.0663. The van der Waals surface area contributed by atoms with Gasteiger partial charge in [-0.3, -0.25) is 0 Å². The Morgan fingerprint density at radius 2 is 1.87 bits per heavy atom. The zero-order valence-electron chi connectivity index (χ0n) is 14.0. The number of fused-ring (bicyclic) bond motifs is 1. The van der Waals surface area contributed by atoms with Crippen LogP contribution in [0.4, 0.5) is 0 Å². The third-order valence-corrected chi connectivity index (χ3v) is 3.39. The highest BCUT2D eigenvalue weighted by Gasteiger charge is 2.14. The summed E-state index contributed by atoms with van der Waals surface area (Å²) >= 11 is 0. The quantitative estimate of drug-likeness (QED) is 0.658. The van der Waals surface area contributed by atoms with Crippen molar-refractivity contribution in [3.63, 3.8) is 0 Å². The molecule has 2 aromatic rings. The third-order valence-electron chi connectivity index (χ3n) is 3.39. The Morgan fingerprint density at radius 1 is 1.17 bits per heavy atom. The largest absolute Gasteiger partial charge is 0.507 e. The molecule has 0 amide bonds. The minimum atomic E-state index is -0.447. The van der Waals surface area contributed by atoms with E-state index < -0.39 is 5.63 Å². The van der Waals surface area contributed by atoms with Gasteiger partial charge in [0.15, 0.2) is 0 Å². The summed E-state index contributed by atoms with van der Waals surface area (Å²) in [5, 5.41) is 11.0. The van der Waals surface area contributed by atoms with Gasteiger partial charge in [-0.2, -0.15) is 0 Å². The smallest absolute Gasteiger partial charge is 0.336 e. The normalized spacial score (nSPS) is 10.4. The maximum absolute atomic E-state index is 11.6. The van der Waals surface area contributed by atoms with E-state index in [1.165, 1.54) is 6.07 Å². The van der Waals surface area contributed by atoms with Crippen LogP contribution in [-0.4, -0.2) is 11.7 Å². The first kappa shape index (κ1) is 16.9. The molecule has 0 aliphatic rings. The SMILES string of the molecule is CC(C)=CCOc1cc(O)c(CC=C(C)C)c2oc(=O)ccc12. The van der Waals surface area contributed by atoms with E-state index in [2.05, 4.69) is 0 Å². The van der Waals surface area contributed by atoms with Crippen LogP contribution >= 0.6 is 0 Å². The van der Waals surface area contributed by atoms with E-state index in [1.807, 2.05) is 39.8 Å². The van der Waals surface area contributed by atoms with Crippen LogP contribution in [0.25, 0.3) is 11.0 Å². The van der Waals surface area contributed by atoms with Crippen LogP contribution < -0.4 is 10.4 Å². The van der Waals surface area contributed by atoms with Gasteiger partial charge in [-0.25, -0.2) is 4.79 Å². The van der Waals surface area contributed by atoms with E-state index in [0.717, 1.165) is 11.1 Å². The second-order valence-corrected chi connectivity index (χ2v) is 5.95. The van der Waals surface area contributed by atoms with E-state index >= 15 is 0 Å². The Bertz CT molecular complexity index is 817. The van der Waals surface area contributed by atoms with Crippen LogP contribution in [0, 0.1) is 0 Å². The molecule has 0 radical (unpaired) electrons. The molecular formula is C19H22O4. The van der Waals surface area contributed by atoms with Crippen LogP contribution in [0.5, 0.6) is 11.5 Å². The van der Waals surface area contributed by atoms with Crippen LogP contribution in [0.3, 0.4) is 0 Å². The van der Waals surface area contributed by atoms with Crippen LogP contribution in [0.1, 0.15) is 33.3 Å². The first-order chi connectivity index (χ1) is 10.9. The number of hydrogen-bond acceptors (Lipinski definition) is 4. The Balaban J connectivity index is 2.55. The average Bonchev–Trinajstić information content (AvgIpc) is 2.45. The van der Waals surface area contributed by atoms with Gasteiger partial charge in [-0.15, -0.1) is 0 Å². The molecule has 2 rings (SSSR count). The van der Waals surface area contributed by atoms with Crippen molar-refractivity contribution in [2.45, 2.75) is 34.1 Å². The highest BCUT2D eigenvalue weighted by molar-refractivity contribution is 5.88. The van der Waals surface area contributed by atoms with Gasteiger partial charge in [-0.1, -0.05) is 17.2 Å². The van der Waals surface area contributed by atoms with E-state index in [0.29, 0.717) is 35.3 Å². The summed E-state index contributed by atoms with van der Waals surface area (Å²) < 4.78 is 11.1.